The van der Waals surface area contributed by atoms with Crippen LogP contribution >= 0.6 is 0 Å². The molecule has 0 aliphatic rings. The van der Waals surface area contributed by atoms with Crippen molar-refractivity contribution in [1.29, 1.82) is 0 Å². The number of methoxy groups -OCH3 is 1. The molecule has 0 aliphatic carbocycles. The van der Waals surface area contributed by atoms with Crippen molar-refractivity contribution in [3.63, 3.8) is 0 Å². The number of hydrogen-bond acceptors (Lipinski definition) is 3. The van der Waals surface area contributed by atoms with Crippen molar-refractivity contribution >= 4 is 11.7 Å². The Kier molecular flexibility index (Phi) is 5.33. The molecule has 1 unspecified atom stereocenters. The average Bonchev–Trinajstić information content (AvgIpc) is 2.37. The molecule has 0 aromatic heterocycles. The molecule has 19 heavy (non-hydrogen) atoms. The standard InChI is InChI=1S/C15H22FNO2/c1-10(2)13(15(18)19-5)9-17(4)12-6-7-14(16)11(3)8-12/h6-8,10,13H,9H2,1-5H3. The van der Waals surface area contributed by atoms with Crippen LogP contribution in [-0.4, -0.2) is 26.7 Å². The summed E-state index contributed by atoms with van der Waals surface area (Å²) < 4.78 is 18.1. The van der Waals surface area contributed by atoms with Gasteiger partial charge in [-0.25, -0.2) is 4.39 Å². The van der Waals surface area contributed by atoms with E-state index in [4.69, 9.17) is 4.74 Å². The lowest BCUT2D eigenvalue weighted by atomic mass is 9.95. The van der Waals surface area contributed by atoms with Gasteiger partial charge in [-0.15, -0.1) is 0 Å². The zero-order valence-electron chi connectivity index (χ0n) is 12.2. The predicted molar refractivity (Wildman–Crippen MR) is 74.8 cm³/mol. The van der Waals surface area contributed by atoms with Gasteiger partial charge in [0, 0.05) is 19.3 Å². The molecule has 1 aromatic rings. The molecule has 1 rings (SSSR count). The van der Waals surface area contributed by atoms with Gasteiger partial charge in [0.2, 0.25) is 0 Å². The summed E-state index contributed by atoms with van der Waals surface area (Å²) in [5, 5.41) is 0. The molecular weight excluding hydrogens is 245 g/mol. The lowest BCUT2D eigenvalue weighted by molar-refractivity contribution is -0.146. The van der Waals surface area contributed by atoms with Crippen molar-refractivity contribution in [2.45, 2.75) is 20.8 Å². The average molecular weight is 267 g/mol. The Hall–Kier alpha value is -1.58. The van der Waals surface area contributed by atoms with Gasteiger partial charge in [-0.3, -0.25) is 4.79 Å². The smallest absolute Gasteiger partial charge is 0.310 e. The Bertz CT molecular complexity index is 446. The van der Waals surface area contributed by atoms with Crippen LogP contribution in [0.3, 0.4) is 0 Å². The number of hydrogen-bond donors (Lipinski definition) is 0. The van der Waals surface area contributed by atoms with E-state index in [0.717, 1.165) is 5.69 Å². The minimum atomic E-state index is -0.217. The molecule has 0 spiro atoms. The van der Waals surface area contributed by atoms with Crippen LogP contribution in [-0.2, 0) is 9.53 Å². The molecule has 0 radical (unpaired) electrons. The molecule has 0 amide bonds. The van der Waals surface area contributed by atoms with Gasteiger partial charge in [0.05, 0.1) is 13.0 Å². The molecule has 4 heteroatoms. The third-order valence-electron chi connectivity index (χ3n) is 3.36. The maximum Gasteiger partial charge on any atom is 0.310 e. The monoisotopic (exact) mass is 267 g/mol. The van der Waals surface area contributed by atoms with Crippen LogP contribution in [0.25, 0.3) is 0 Å². The molecule has 0 bridgehead atoms. The largest absolute Gasteiger partial charge is 0.469 e. The van der Waals surface area contributed by atoms with E-state index in [1.165, 1.54) is 13.2 Å². The second kappa shape index (κ2) is 6.55. The van der Waals surface area contributed by atoms with Gasteiger partial charge >= 0.3 is 5.97 Å². The van der Waals surface area contributed by atoms with Gasteiger partial charge in [0.1, 0.15) is 5.82 Å². The van der Waals surface area contributed by atoms with Crippen molar-refractivity contribution in [3.8, 4) is 0 Å². The number of anilines is 1. The van der Waals surface area contributed by atoms with E-state index in [-0.39, 0.29) is 23.6 Å². The van der Waals surface area contributed by atoms with E-state index in [9.17, 15) is 9.18 Å². The quantitative estimate of drug-likeness (QED) is 0.768. The highest BCUT2D eigenvalue weighted by Gasteiger charge is 2.24. The van der Waals surface area contributed by atoms with Gasteiger partial charge in [-0.1, -0.05) is 13.8 Å². The van der Waals surface area contributed by atoms with Crippen molar-refractivity contribution in [2.75, 3.05) is 25.6 Å². The Morgan fingerprint density at radius 2 is 2.05 bits per heavy atom. The zero-order chi connectivity index (χ0) is 14.6. The fourth-order valence-electron chi connectivity index (χ4n) is 1.98. The number of halogens is 1. The second-order valence-electron chi connectivity index (χ2n) is 5.19. The van der Waals surface area contributed by atoms with E-state index in [1.54, 1.807) is 19.1 Å². The fourth-order valence-corrected chi connectivity index (χ4v) is 1.98. The van der Waals surface area contributed by atoms with Crippen LogP contribution in [0, 0.1) is 24.6 Å². The summed E-state index contributed by atoms with van der Waals surface area (Å²) >= 11 is 0. The van der Waals surface area contributed by atoms with Crippen LogP contribution in [0.2, 0.25) is 0 Å². The van der Waals surface area contributed by atoms with E-state index in [2.05, 4.69) is 0 Å². The SMILES string of the molecule is COC(=O)C(CN(C)c1ccc(F)c(C)c1)C(C)C. The number of carbonyl (C=O) groups is 1. The maximum absolute atomic E-state index is 13.2. The molecule has 0 N–H and O–H groups in total. The molecule has 0 aliphatic heterocycles. The highest BCUT2D eigenvalue weighted by molar-refractivity contribution is 5.73. The molecule has 3 nitrogen and oxygen atoms in total. The van der Waals surface area contributed by atoms with Gasteiger partial charge in [-0.05, 0) is 36.6 Å². The van der Waals surface area contributed by atoms with Crippen molar-refractivity contribution in [1.82, 2.24) is 0 Å². The Balaban J connectivity index is 2.84. The fraction of sp³-hybridized carbons (Fsp3) is 0.533. The van der Waals surface area contributed by atoms with E-state index < -0.39 is 0 Å². The first-order valence-corrected chi connectivity index (χ1v) is 6.42. The topological polar surface area (TPSA) is 29.5 Å². The normalized spacial score (nSPS) is 12.4. The molecule has 0 saturated carbocycles. The first-order valence-electron chi connectivity index (χ1n) is 6.42. The van der Waals surface area contributed by atoms with Crippen molar-refractivity contribution < 1.29 is 13.9 Å². The molecule has 1 aromatic carbocycles. The molecule has 0 heterocycles. The summed E-state index contributed by atoms with van der Waals surface area (Å²) in [4.78, 5) is 13.7. The third-order valence-corrected chi connectivity index (χ3v) is 3.36. The zero-order valence-corrected chi connectivity index (χ0v) is 12.2. The Morgan fingerprint density at radius 1 is 1.42 bits per heavy atom. The minimum absolute atomic E-state index is 0.191. The van der Waals surface area contributed by atoms with E-state index in [0.29, 0.717) is 12.1 Å². The number of nitrogens with zero attached hydrogens (tertiary/aromatic N) is 1. The Labute approximate surface area is 114 Å². The number of rotatable bonds is 5. The maximum atomic E-state index is 13.2. The molecule has 0 saturated heterocycles. The van der Waals surface area contributed by atoms with Gasteiger partial charge < -0.3 is 9.64 Å². The summed E-state index contributed by atoms with van der Waals surface area (Å²) in [5.74, 6) is -0.428. The summed E-state index contributed by atoms with van der Waals surface area (Å²) in [6.45, 7) is 6.26. The predicted octanol–water partition coefficient (Wildman–Crippen LogP) is 3.02. The highest BCUT2D eigenvalue weighted by atomic mass is 19.1. The summed E-state index contributed by atoms with van der Waals surface area (Å²) in [7, 11) is 3.30. The summed E-state index contributed by atoms with van der Waals surface area (Å²) in [6, 6.07) is 4.95. The summed E-state index contributed by atoms with van der Waals surface area (Å²) in [6.07, 6.45) is 0. The number of ether oxygens (including phenoxy) is 1. The molecular formula is C15H22FNO2. The van der Waals surface area contributed by atoms with Crippen LogP contribution in [0.5, 0.6) is 0 Å². The van der Waals surface area contributed by atoms with Crippen LogP contribution in [0.15, 0.2) is 18.2 Å². The van der Waals surface area contributed by atoms with Crippen molar-refractivity contribution in [2.24, 2.45) is 11.8 Å². The van der Waals surface area contributed by atoms with Crippen molar-refractivity contribution in [3.05, 3.63) is 29.6 Å². The number of benzene rings is 1. The molecule has 0 fully saturated rings. The number of carbonyl (C=O) groups excluding carboxylic acids is 1. The molecule has 1 atom stereocenters. The van der Waals surface area contributed by atoms with Gasteiger partial charge in [0.15, 0.2) is 0 Å². The lowest BCUT2D eigenvalue weighted by Gasteiger charge is -2.26. The minimum Gasteiger partial charge on any atom is -0.469 e. The van der Waals surface area contributed by atoms with Gasteiger partial charge in [-0.2, -0.15) is 0 Å². The lowest BCUT2D eigenvalue weighted by Crippen LogP contribution is -2.34. The van der Waals surface area contributed by atoms with E-state index in [1.807, 2.05) is 25.8 Å². The second-order valence-corrected chi connectivity index (χ2v) is 5.19. The Morgan fingerprint density at radius 3 is 2.53 bits per heavy atom. The highest BCUT2D eigenvalue weighted by Crippen LogP contribution is 2.21. The van der Waals surface area contributed by atoms with Crippen LogP contribution in [0.1, 0.15) is 19.4 Å². The first kappa shape index (κ1) is 15.5. The van der Waals surface area contributed by atoms with E-state index >= 15 is 0 Å². The first-order chi connectivity index (χ1) is 8.86. The number of aryl methyl sites for hydroxylation is 1. The van der Waals surface area contributed by atoms with Gasteiger partial charge in [0.25, 0.3) is 0 Å². The van der Waals surface area contributed by atoms with Crippen LogP contribution in [0.4, 0.5) is 10.1 Å². The third kappa shape index (κ3) is 3.94. The van der Waals surface area contributed by atoms with Crippen LogP contribution < -0.4 is 4.90 Å². The molecule has 106 valence electrons. The summed E-state index contributed by atoms with van der Waals surface area (Å²) in [5.41, 5.74) is 1.50. The number of esters is 1.